The molecular weight excluding hydrogens is 216 g/mol. The van der Waals surface area contributed by atoms with E-state index < -0.39 is 0 Å². The van der Waals surface area contributed by atoms with Gasteiger partial charge >= 0.3 is 0 Å². The SMILES string of the molecule is NC(=O)C1CCCN(CCOCCCl)C1. The van der Waals surface area contributed by atoms with E-state index in [9.17, 15) is 4.79 Å². The first-order valence-corrected chi connectivity index (χ1v) is 5.93. The number of ether oxygens (including phenoxy) is 1. The lowest BCUT2D eigenvalue weighted by Crippen LogP contribution is -2.42. The number of likely N-dealkylation sites (tertiary alicyclic amines) is 1. The third-order valence-corrected chi connectivity index (χ3v) is 2.84. The molecule has 0 bridgehead atoms. The predicted octanol–water partition coefficient (Wildman–Crippen LogP) is 0.439. The van der Waals surface area contributed by atoms with Crippen molar-refractivity contribution < 1.29 is 9.53 Å². The quantitative estimate of drug-likeness (QED) is 0.536. The van der Waals surface area contributed by atoms with Crippen LogP contribution in [0.15, 0.2) is 0 Å². The van der Waals surface area contributed by atoms with E-state index >= 15 is 0 Å². The molecule has 0 aromatic heterocycles. The number of hydrogen-bond donors (Lipinski definition) is 1. The first-order chi connectivity index (χ1) is 7.24. The summed E-state index contributed by atoms with van der Waals surface area (Å²) in [6, 6.07) is 0. The standard InChI is InChI=1S/C10H19ClN2O2/c11-3-6-15-7-5-13-4-1-2-9(8-13)10(12)14/h9H,1-8H2,(H2,12,14). The zero-order valence-corrected chi connectivity index (χ0v) is 9.71. The van der Waals surface area contributed by atoms with Crippen LogP contribution >= 0.6 is 11.6 Å². The molecule has 0 aromatic carbocycles. The average Bonchev–Trinajstić information content (AvgIpc) is 2.25. The van der Waals surface area contributed by atoms with Gasteiger partial charge in [0.25, 0.3) is 0 Å². The number of rotatable bonds is 6. The maximum Gasteiger partial charge on any atom is 0.221 e. The van der Waals surface area contributed by atoms with Crippen LogP contribution in [0.2, 0.25) is 0 Å². The number of piperidine rings is 1. The van der Waals surface area contributed by atoms with Gasteiger partial charge in [-0.3, -0.25) is 4.79 Å². The molecule has 4 nitrogen and oxygen atoms in total. The molecule has 1 unspecified atom stereocenters. The van der Waals surface area contributed by atoms with Crippen LogP contribution in [0.1, 0.15) is 12.8 Å². The second kappa shape index (κ2) is 7.04. The smallest absolute Gasteiger partial charge is 0.221 e. The molecular formula is C10H19ClN2O2. The Morgan fingerprint density at radius 2 is 2.33 bits per heavy atom. The lowest BCUT2D eigenvalue weighted by Gasteiger charge is -2.30. The van der Waals surface area contributed by atoms with Gasteiger partial charge in [-0.1, -0.05) is 0 Å². The Hall–Kier alpha value is -0.320. The van der Waals surface area contributed by atoms with Crippen LogP contribution in [0, 0.1) is 5.92 Å². The highest BCUT2D eigenvalue weighted by Crippen LogP contribution is 2.15. The van der Waals surface area contributed by atoms with Crippen LogP contribution in [-0.2, 0) is 9.53 Å². The van der Waals surface area contributed by atoms with Gasteiger partial charge < -0.3 is 15.4 Å². The number of alkyl halides is 1. The van der Waals surface area contributed by atoms with Gasteiger partial charge in [-0.05, 0) is 19.4 Å². The summed E-state index contributed by atoms with van der Waals surface area (Å²) >= 11 is 5.49. The fourth-order valence-electron chi connectivity index (χ4n) is 1.84. The summed E-state index contributed by atoms with van der Waals surface area (Å²) < 4.78 is 5.29. The van der Waals surface area contributed by atoms with E-state index in [4.69, 9.17) is 22.1 Å². The van der Waals surface area contributed by atoms with Gasteiger partial charge in [-0.2, -0.15) is 0 Å². The van der Waals surface area contributed by atoms with E-state index in [1.54, 1.807) is 0 Å². The summed E-state index contributed by atoms with van der Waals surface area (Å²) in [7, 11) is 0. The third-order valence-electron chi connectivity index (χ3n) is 2.68. The summed E-state index contributed by atoms with van der Waals surface area (Å²) in [6.45, 7) is 3.95. The number of carbonyl (C=O) groups is 1. The molecule has 1 amide bonds. The fraction of sp³-hybridized carbons (Fsp3) is 0.900. The normalized spacial score (nSPS) is 22.9. The van der Waals surface area contributed by atoms with Crippen LogP contribution < -0.4 is 5.73 Å². The van der Waals surface area contributed by atoms with Gasteiger partial charge in [0, 0.05) is 19.0 Å². The molecule has 1 aliphatic rings. The monoisotopic (exact) mass is 234 g/mol. The zero-order chi connectivity index (χ0) is 11.1. The highest BCUT2D eigenvalue weighted by molar-refractivity contribution is 6.17. The Morgan fingerprint density at radius 1 is 1.53 bits per heavy atom. The highest BCUT2D eigenvalue weighted by atomic mass is 35.5. The number of carbonyl (C=O) groups excluding carboxylic acids is 1. The predicted molar refractivity (Wildman–Crippen MR) is 59.9 cm³/mol. The van der Waals surface area contributed by atoms with Crippen LogP contribution in [0.4, 0.5) is 0 Å². The van der Waals surface area contributed by atoms with Crippen LogP contribution in [0.3, 0.4) is 0 Å². The number of halogens is 1. The number of nitrogens with zero attached hydrogens (tertiary/aromatic N) is 1. The van der Waals surface area contributed by atoms with Crippen molar-refractivity contribution in [1.29, 1.82) is 0 Å². The fourth-order valence-corrected chi connectivity index (χ4v) is 1.95. The Balaban J connectivity index is 2.15. The van der Waals surface area contributed by atoms with Gasteiger partial charge in [0.2, 0.25) is 5.91 Å². The number of amides is 1. The van der Waals surface area contributed by atoms with E-state index in [0.717, 1.165) is 32.5 Å². The maximum atomic E-state index is 11.0. The molecule has 0 aromatic rings. The molecule has 1 heterocycles. The molecule has 88 valence electrons. The molecule has 0 spiro atoms. The van der Waals surface area contributed by atoms with Crippen molar-refractivity contribution in [2.24, 2.45) is 11.7 Å². The van der Waals surface area contributed by atoms with Crippen molar-refractivity contribution in [1.82, 2.24) is 4.90 Å². The number of hydrogen-bond acceptors (Lipinski definition) is 3. The molecule has 5 heteroatoms. The Bertz CT molecular complexity index is 202. The van der Waals surface area contributed by atoms with Gasteiger partial charge in [-0.15, -0.1) is 11.6 Å². The van der Waals surface area contributed by atoms with E-state index in [-0.39, 0.29) is 11.8 Å². The van der Waals surface area contributed by atoms with Crippen LogP contribution in [0.25, 0.3) is 0 Å². The van der Waals surface area contributed by atoms with Crippen molar-refractivity contribution >= 4 is 17.5 Å². The first-order valence-electron chi connectivity index (χ1n) is 5.39. The summed E-state index contributed by atoms with van der Waals surface area (Å²) in [5.74, 6) is 0.373. The van der Waals surface area contributed by atoms with Crippen molar-refractivity contribution in [2.75, 3.05) is 38.7 Å². The number of nitrogens with two attached hydrogens (primary N) is 1. The molecule has 0 radical (unpaired) electrons. The molecule has 1 atom stereocenters. The summed E-state index contributed by atoms with van der Waals surface area (Å²) in [6.07, 6.45) is 1.97. The van der Waals surface area contributed by atoms with E-state index in [1.165, 1.54) is 0 Å². The van der Waals surface area contributed by atoms with Crippen LogP contribution in [-0.4, -0.2) is 49.5 Å². The number of primary amides is 1. The molecule has 1 fully saturated rings. The van der Waals surface area contributed by atoms with Gasteiger partial charge in [0.15, 0.2) is 0 Å². The van der Waals surface area contributed by atoms with Crippen molar-refractivity contribution in [2.45, 2.75) is 12.8 Å². The summed E-state index contributed by atoms with van der Waals surface area (Å²) in [4.78, 5) is 13.3. The van der Waals surface area contributed by atoms with E-state index in [0.29, 0.717) is 19.1 Å². The van der Waals surface area contributed by atoms with Crippen molar-refractivity contribution in [3.8, 4) is 0 Å². The second-order valence-corrected chi connectivity index (χ2v) is 4.22. The van der Waals surface area contributed by atoms with E-state index in [2.05, 4.69) is 4.90 Å². The molecule has 1 rings (SSSR count). The average molecular weight is 235 g/mol. The van der Waals surface area contributed by atoms with Gasteiger partial charge in [0.05, 0.1) is 19.1 Å². The molecule has 1 saturated heterocycles. The van der Waals surface area contributed by atoms with Gasteiger partial charge in [0.1, 0.15) is 0 Å². The lowest BCUT2D eigenvalue weighted by atomic mass is 9.98. The Morgan fingerprint density at radius 3 is 3.00 bits per heavy atom. The van der Waals surface area contributed by atoms with Crippen molar-refractivity contribution in [3.05, 3.63) is 0 Å². The zero-order valence-electron chi connectivity index (χ0n) is 8.95. The minimum absolute atomic E-state index is 0.0202. The van der Waals surface area contributed by atoms with Gasteiger partial charge in [-0.25, -0.2) is 0 Å². The first kappa shape index (κ1) is 12.7. The maximum absolute atomic E-state index is 11.0. The molecule has 2 N–H and O–H groups in total. The molecule has 0 aliphatic carbocycles. The minimum atomic E-state index is -0.179. The molecule has 15 heavy (non-hydrogen) atoms. The Kier molecular flexibility index (Phi) is 5.98. The third kappa shape index (κ3) is 4.82. The second-order valence-electron chi connectivity index (χ2n) is 3.84. The van der Waals surface area contributed by atoms with Crippen molar-refractivity contribution in [3.63, 3.8) is 0 Å². The highest BCUT2D eigenvalue weighted by Gasteiger charge is 2.23. The summed E-state index contributed by atoms with van der Waals surface area (Å²) in [5, 5.41) is 0. The Labute approximate surface area is 95.7 Å². The minimum Gasteiger partial charge on any atom is -0.379 e. The molecule has 1 aliphatic heterocycles. The van der Waals surface area contributed by atoms with Crippen LogP contribution in [0.5, 0.6) is 0 Å². The molecule has 0 saturated carbocycles. The topological polar surface area (TPSA) is 55.6 Å². The largest absolute Gasteiger partial charge is 0.379 e. The van der Waals surface area contributed by atoms with E-state index in [1.807, 2.05) is 0 Å². The summed E-state index contributed by atoms with van der Waals surface area (Å²) in [5.41, 5.74) is 5.29. The lowest BCUT2D eigenvalue weighted by molar-refractivity contribution is -0.123.